The van der Waals surface area contributed by atoms with Gasteiger partial charge in [0.25, 0.3) is 0 Å². The zero-order valence-corrected chi connectivity index (χ0v) is 17.2. The van der Waals surface area contributed by atoms with E-state index in [1.165, 1.54) is 19.3 Å². The lowest BCUT2D eigenvalue weighted by Gasteiger charge is -2.26. The third kappa shape index (κ3) is 5.47. The van der Waals surface area contributed by atoms with Crippen molar-refractivity contribution in [2.45, 2.75) is 50.7 Å². The van der Waals surface area contributed by atoms with Crippen LogP contribution < -0.4 is 10.6 Å². The molecule has 0 spiro atoms. The second-order valence-corrected chi connectivity index (χ2v) is 7.84. The maximum Gasteiger partial charge on any atom is 0.225 e. The molecule has 1 aromatic rings. The van der Waals surface area contributed by atoms with Crippen LogP contribution >= 0.6 is 0 Å². The first-order chi connectivity index (χ1) is 13.7. The van der Waals surface area contributed by atoms with Gasteiger partial charge in [0, 0.05) is 45.8 Å². The molecule has 2 aliphatic rings. The van der Waals surface area contributed by atoms with E-state index in [0.717, 1.165) is 43.9 Å². The number of amides is 1. The topological polar surface area (TPSA) is 66.0 Å². The Kier molecular flexibility index (Phi) is 7.71. The number of rotatable bonds is 6. The van der Waals surface area contributed by atoms with Gasteiger partial charge in [0.2, 0.25) is 5.91 Å². The van der Waals surface area contributed by atoms with Gasteiger partial charge in [-0.05, 0) is 24.8 Å². The summed E-state index contributed by atoms with van der Waals surface area (Å²) in [5, 5.41) is 6.84. The van der Waals surface area contributed by atoms with E-state index < -0.39 is 0 Å². The van der Waals surface area contributed by atoms with Crippen molar-refractivity contribution >= 4 is 11.9 Å². The molecule has 6 heteroatoms. The molecule has 0 bridgehead atoms. The van der Waals surface area contributed by atoms with Crippen molar-refractivity contribution in [2.75, 3.05) is 33.8 Å². The van der Waals surface area contributed by atoms with Crippen molar-refractivity contribution in [3.8, 4) is 0 Å². The summed E-state index contributed by atoms with van der Waals surface area (Å²) in [5.74, 6) is 1.36. The Hall–Kier alpha value is -2.08. The van der Waals surface area contributed by atoms with Gasteiger partial charge in [-0.2, -0.15) is 0 Å². The van der Waals surface area contributed by atoms with Gasteiger partial charge in [0.1, 0.15) is 0 Å². The van der Waals surface area contributed by atoms with Crippen LogP contribution in [0.15, 0.2) is 35.3 Å². The minimum Gasteiger partial charge on any atom is -0.375 e. The van der Waals surface area contributed by atoms with Crippen LogP contribution in [-0.4, -0.2) is 56.6 Å². The number of hydrogen-bond donors (Lipinski definition) is 2. The number of hydrogen-bond acceptors (Lipinski definition) is 3. The predicted molar refractivity (Wildman–Crippen MR) is 112 cm³/mol. The van der Waals surface area contributed by atoms with Gasteiger partial charge in [-0.3, -0.25) is 9.79 Å². The highest BCUT2D eigenvalue weighted by atomic mass is 16.5. The van der Waals surface area contributed by atoms with Crippen molar-refractivity contribution in [2.24, 2.45) is 10.9 Å². The average Bonchev–Trinajstić information content (AvgIpc) is 3.22. The van der Waals surface area contributed by atoms with Gasteiger partial charge >= 0.3 is 0 Å². The van der Waals surface area contributed by atoms with Gasteiger partial charge in [-0.15, -0.1) is 0 Å². The van der Waals surface area contributed by atoms with E-state index in [9.17, 15) is 4.79 Å². The monoisotopic (exact) mass is 386 g/mol. The molecule has 1 aliphatic heterocycles. The second kappa shape index (κ2) is 10.5. The molecule has 1 aromatic carbocycles. The van der Waals surface area contributed by atoms with Crippen molar-refractivity contribution in [3.05, 3.63) is 35.9 Å². The number of nitrogens with one attached hydrogen (secondary N) is 2. The van der Waals surface area contributed by atoms with Crippen molar-refractivity contribution < 1.29 is 9.53 Å². The molecule has 6 nitrogen and oxygen atoms in total. The highest BCUT2D eigenvalue weighted by Crippen LogP contribution is 2.26. The lowest BCUT2D eigenvalue weighted by molar-refractivity contribution is -0.135. The molecule has 2 fully saturated rings. The minimum atomic E-state index is -0.0345. The number of nitrogens with zero attached hydrogens (tertiary/aromatic N) is 2. The van der Waals surface area contributed by atoms with Crippen molar-refractivity contribution in [1.82, 2.24) is 15.5 Å². The number of guanidine groups is 1. The first-order valence-electron chi connectivity index (χ1n) is 10.5. The summed E-state index contributed by atoms with van der Waals surface area (Å²) < 4.78 is 5.62. The predicted octanol–water partition coefficient (Wildman–Crippen LogP) is 2.72. The molecule has 2 atom stereocenters. The fourth-order valence-electron chi connectivity index (χ4n) is 4.27. The van der Waals surface area contributed by atoms with E-state index in [-0.39, 0.29) is 18.1 Å². The van der Waals surface area contributed by atoms with Crippen LogP contribution in [0.25, 0.3) is 0 Å². The summed E-state index contributed by atoms with van der Waals surface area (Å²) in [6.45, 7) is 2.24. The molecule has 28 heavy (non-hydrogen) atoms. The summed E-state index contributed by atoms with van der Waals surface area (Å²) in [5.41, 5.74) is 1.14. The number of carbonyl (C=O) groups is 1. The zero-order chi connectivity index (χ0) is 19.8. The maximum absolute atomic E-state index is 12.7. The van der Waals surface area contributed by atoms with E-state index in [0.29, 0.717) is 12.5 Å². The largest absolute Gasteiger partial charge is 0.375 e. The van der Waals surface area contributed by atoms with Crippen LogP contribution in [0.1, 0.15) is 50.2 Å². The number of carbonyl (C=O) groups excluding carboxylic acids is 1. The fourth-order valence-corrected chi connectivity index (χ4v) is 4.27. The van der Waals surface area contributed by atoms with E-state index in [2.05, 4.69) is 27.8 Å². The molecule has 154 valence electrons. The summed E-state index contributed by atoms with van der Waals surface area (Å²) in [6, 6.07) is 10.4. The highest BCUT2D eigenvalue weighted by molar-refractivity contribution is 5.81. The maximum atomic E-state index is 12.7. The van der Waals surface area contributed by atoms with Gasteiger partial charge < -0.3 is 20.3 Å². The Labute approximate surface area is 168 Å². The Bertz CT molecular complexity index is 643. The summed E-state index contributed by atoms with van der Waals surface area (Å²) in [6.07, 6.45) is 6.73. The number of likely N-dealkylation sites (tertiary alicyclic amines) is 1. The second-order valence-electron chi connectivity index (χ2n) is 7.84. The summed E-state index contributed by atoms with van der Waals surface area (Å²) in [7, 11) is 3.50. The summed E-state index contributed by atoms with van der Waals surface area (Å²) in [4.78, 5) is 19.1. The Morgan fingerprint density at radius 3 is 2.64 bits per heavy atom. The quantitative estimate of drug-likeness (QED) is 0.583. The van der Waals surface area contributed by atoms with Crippen LogP contribution in [0.3, 0.4) is 0 Å². The molecule has 0 radical (unpaired) electrons. The third-order valence-electron chi connectivity index (χ3n) is 5.93. The van der Waals surface area contributed by atoms with Gasteiger partial charge in [0.05, 0.1) is 6.10 Å². The molecule has 1 saturated heterocycles. The number of aliphatic imine (C=N–C) groups is 1. The van der Waals surface area contributed by atoms with Gasteiger partial charge in [0.15, 0.2) is 5.96 Å². The van der Waals surface area contributed by atoms with E-state index >= 15 is 0 Å². The SMILES string of the molecule is CN=C(NCC(OC)c1ccccc1)NC1CCN(C(=O)C2CCCCC2)C1. The smallest absolute Gasteiger partial charge is 0.225 e. The zero-order valence-electron chi connectivity index (χ0n) is 17.2. The molecule has 3 rings (SSSR count). The van der Waals surface area contributed by atoms with E-state index in [4.69, 9.17) is 4.74 Å². The molecule has 1 aliphatic carbocycles. The number of ether oxygens (including phenoxy) is 1. The van der Waals surface area contributed by atoms with E-state index in [1.807, 2.05) is 23.1 Å². The molecule has 2 N–H and O–H groups in total. The van der Waals surface area contributed by atoms with Crippen LogP contribution in [0, 0.1) is 5.92 Å². The standard InChI is InChI=1S/C22H34N4O2/c1-23-22(24-15-20(28-2)17-9-5-3-6-10-17)25-19-13-14-26(16-19)21(27)18-11-7-4-8-12-18/h3,5-6,9-10,18-20H,4,7-8,11-16H2,1-2H3,(H2,23,24,25). The lowest BCUT2D eigenvalue weighted by atomic mass is 9.88. The van der Waals surface area contributed by atoms with Gasteiger partial charge in [-0.25, -0.2) is 0 Å². The Balaban J connectivity index is 1.46. The summed E-state index contributed by atoms with van der Waals surface area (Å²) >= 11 is 0. The third-order valence-corrected chi connectivity index (χ3v) is 5.93. The molecular formula is C22H34N4O2. The van der Waals surface area contributed by atoms with Crippen LogP contribution in [0.4, 0.5) is 0 Å². The number of benzene rings is 1. The molecule has 1 amide bonds. The molecule has 1 saturated carbocycles. The highest BCUT2D eigenvalue weighted by Gasteiger charge is 2.31. The van der Waals surface area contributed by atoms with Crippen LogP contribution in [0.2, 0.25) is 0 Å². The molecule has 1 heterocycles. The average molecular weight is 387 g/mol. The fraction of sp³-hybridized carbons (Fsp3) is 0.636. The minimum absolute atomic E-state index is 0.0345. The molecule has 0 aromatic heterocycles. The van der Waals surface area contributed by atoms with E-state index in [1.54, 1.807) is 14.2 Å². The lowest BCUT2D eigenvalue weighted by Crippen LogP contribution is -2.46. The molecular weight excluding hydrogens is 352 g/mol. The van der Waals surface area contributed by atoms with Gasteiger partial charge in [-0.1, -0.05) is 49.6 Å². The number of methoxy groups -OCH3 is 1. The van der Waals surface area contributed by atoms with Crippen LogP contribution in [0.5, 0.6) is 0 Å². The Morgan fingerprint density at radius 1 is 1.21 bits per heavy atom. The molecule has 2 unspecified atom stereocenters. The first-order valence-corrected chi connectivity index (χ1v) is 10.5. The first kappa shape index (κ1) is 20.6. The van der Waals surface area contributed by atoms with Crippen molar-refractivity contribution in [3.63, 3.8) is 0 Å². The normalized spacial score (nSPS) is 22.1. The Morgan fingerprint density at radius 2 is 1.96 bits per heavy atom. The van der Waals surface area contributed by atoms with Crippen molar-refractivity contribution in [1.29, 1.82) is 0 Å². The van der Waals surface area contributed by atoms with Crippen LogP contribution in [-0.2, 0) is 9.53 Å².